The number of methoxy groups -OCH3 is 1. The van der Waals surface area contributed by atoms with Crippen molar-refractivity contribution in [3.05, 3.63) is 83.7 Å². The summed E-state index contributed by atoms with van der Waals surface area (Å²) in [7, 11) is 1.70. The van der Waals surface area contributed by atoms with E-state index in [0.717, 1.165) is 44.2 Å². The van der Waals surface area contributed by atoms with Crippen molar-refractivity contribution in [2.45, 2.75) is 32.9 Å². The van der Waals surface area contributed by atoms with Crippen molar-refractivity contribution >= 4 is 5.96 Å². The molecule has 0 unspecified atom stereocenters. The molecule has 1 aromatic heterocycles. The Morgan fingerprint density at radius 3 is 2.70 bits per heavy atom. The van der Waals surface area contributed by atoms with Gasteiger partial charge < -0.3 is 15.4 Å². The standard InChI is InChI=1S/C24H31N5O/c1-3-25-24(26-14-7-10-20-9-6-13-23(17-20)30-2)27-18-21-11-4-5-12-22(21)19-29-16-8-15-28-29/h4-6,8-9,11-13,15-17H,3,7,10,14,18-19H2,1-2H3,(H2,25,26,27). The zero-order chi connectivity index (χ0) is 21.0. The van der Waals surface area contributed by atoms with Crippen LogP contribution in [0.1, 0.15) is 30.0 Å². The van der Waals surface area contributed by atoms with Crippen LogP contribution in [0.25, 0.3) is 0 Å². The molecule has 0 spiro atoms. The highest BCUT2D eigenvalue weighted by molar-refractivity contribution is 5.79. The van der Waals surface area contributed by atoms with Crippen molar-refractivity contribution < 1.29 is 4.74 Å². The van der Waals surface area contributed by atoms with E-state index in [-0.39, 0.29) is 0 Å². The Hall–Kier alpha value is -3.28. The van der Waals surface area contributed by atoms with Gasteiger partial charge in [-0.25, -0.2) is 4.99 Å². The second-order valence-electron chi connectivity index (χ2n) is 7.05. The number of rotatable bonds is 10. The maximum atomic E-state index is 5.30. The van der Waals surface area contributed by atoms with Crippen LogP contribution in [0.3, 0.4) is 0 Å². The summed E-state index contributed by atoms with van der Waals surface area (Å²) in [6.45, 7) is 5.15. The number of ether oxygens (including phenoxy) is 1. The average Bonchev–Trinajstić information content (AvgIpc) is 3.29. The zero-order valence-corrected chi connectivity index (χ0v) is 17.8. The van der Waals surface area contributed by atoms with Gasteiger partial charge in [0.2, 0.25) is 0 Å². The molecule has 0 atom stereocenters. The number of aliphatic imine (C=N–C) groups is 1. The minimum absolute atomic E-state index is 0.628. The number of nitrogens with one attached hydrogen (secondary N) is 2. The minimum atomic E-state index is 0.628. The van der Waals surface area contributed by atoms with Crippen molar-refractivity contribution in [2.24, 2.45) is 4.99 Å². The van der Waals surface area contributed by atoms with Gasteiger partial charge in [-0.15, -0.1) is 0 Å². The normalized spacial score (nSPS) is 11.3. The highest BCUT2D eigenvalue weighted by atomic mass is 16.5. The molecule has 0 bridgehead atoms. The van der Waals surface area contributed by atoms with E-state index in [0.29, 0.717) is 6.54 Å². The average molecular weight is 406 g/mol. The number of guanidine groups is 1. The highest BCUT2D eigenvalue weighted by Crippen LogP contribution is 2.14. The summed E-state index contributed by atoms with van der Waals surface area (Å²) in [5, 5.41) is 11.1. The van der Waals surface area contributed by atoms with Gasteiger partial charge in [-0.05, 0) is 54.7 Å². The molecular formula is C24H31N5O. The molecule has 0 aliphatic rings. The van der Waals surface area contributed by atoms with Gasteiger partial charge in [-0.2, -0.15) is 5.10 Å². The first kappa shape index (κ1) is 21.4. The SMILES string of the molecule is CCNC(=NCc1ccccc1Cn1cccn1)NCCCc1cccc(OC)c1. The predicted octanol–water partition coefficient (Wildman–Crippen LogP) is 3.63. The van der Waals surface area contributed by atoms with Gasteiger partial charge in [0, 0.05) is 25.5 Å². The second-order valence-corrected chi connectivity index (χ2v) is 7.05. The third-order valence-corrected chi connectivity index (χ3v) is 4.83. The quantitative estimate of drug-likeness (QED) is 0.307. The largest absolute Gasteiger partial charge is 0.497 e. The number of hydrogen-bond acceptors (Lipinski definition) is 3. The number of nitrogens with zero attached hydrogens (tertiary/aromatic N) is 3. The maximum absolute atomic E-state index is 5.30. The van der Waals surface area contributed by atoms with Gasteiger partial charge >= 0.3 is 0 Å². The summed E-state index contributed by atoms with van der Waals surface area (Å²) in [6.07, 6.45) is 5.80. The monoisotopic (exact) mass is 405 g/mol. The molecule has 6 heteroatoms. The smallest absolute Gasteiger partial charge is 0.191 e. The van der Waals surface area contributed by atoms with Crippen molar-refractivity contribution in [3.8, 4) is 5.75 Å². The van der Waals surface area contributed by atoms with E-state index >= 15 is 0 Å². The fourth-order valence-electron chi connectivity index (χ4n) is 3.27. The molecule has 1 heterocycles. The lowest BCUT2D eigenvalue weighted by Gasteiger charge is -2.13. The third-order valence-electron chi connectivity index (χ3n) is 4.83. The predicted molar refractivity (Wildman–Crippen MR) is 122 cm³/mol. The van der Waals surface area contributed by atoms with Crippen LogP contribution in [0.4, 0.5) is 0 Å². The Kier molecular flexibility index (Phi) is 8.33. The van der Waals surface area contributed by atoms with Gasteiger partial charge in [-0.1, -0.05) is 36.4 Å². The molecule has 158 valence electrons. The molecule has 0 fully saturated rings. The summed E-state index contributed by atoms with van der Waals surface area (Å²) < 4.78 is 7.23. The molecule has 0 aliphatic carbocycles. The summed E-state index contributed by atoms with van der Waals surface area (Å²) in [5.74, 6) is 1.75. The van der Waals surface area contributed by atoms with Crippen LogP contribution < -0.4 is 15.4 Å². The first-order valence-corrected chi connectivity index (χ1v) is 10.5. The number of aromatic nitrogens is 2. The van der Waals surface area contributed by atoms with Crippen LogP contribution in [0.5, 0.6) is 5.75 Å². The van der Waals surface area contributed by atoms with E-state index in [1.165, 1.54) is 16.7 Å². The minimum Gasteiger partial charge on any atom is -0.497 e. The van der Waals surface area contributed by atoms with Gasteiger partial charge in [0.25, 0.3) is 0 Å². The topological polar surface area (TPSA) is 63.5 Å². The Balaban J connectivity index is 1.54. The number of aryl methyl sites for hydroxylation is 1. The van der Waals surface area contributed by atoms with Crippen LogP contribution in [0, 0.1) is 0 Å². The second kappa shape index (κ2) is 11.7. The summed E-state index contributed by atoms with van der Waals surface area (Å²) in [5.41, 5.74) is 3.73. The maximum Gasteiger partial charge on any atom is 0.191 e. The van der Waals surface area contributed by atoms with Crippen LogP contribution >= 0.6 is 0 Å². The first-order chi connectivity index (χ1) is 14.8. The van der Waals surface area contributed by atoms with E-state index in [4.69, 9.17) is 9.73 Å². The van der Waals surface area contributed by atoms with E-state index in [9.17, 15) is 0 Å². The lowest BCUT2D eigenvalue weighted by atomic mass is 10.1. The van der Waals surface area contributed by atoms with Gasteiger partial charge in [0.05, 0.1) is 20.2 Å². The molecular weight excluding hydrogens is 374 g/mol. The Labute approximate surface area is 179 Å². The zero-order valence-electron chi connectivity index (χ0n) is 17.8. The van der Waals surface area contributed by atoms with Crippen molar-refractivity contribution in [3.63, 3.8) is 0 Å². The summed E-state index contributed by atoms with van der Waals surface area (Å²) in [4.78, 5) is 4.79. The Bertz CT molecular complexity index is 921. The molecule has 3 aromatic rings. The van der Waals surface area contributed by atoms with Crippen LogP contribution in [0.15, 0.2) is 72.0 Å². The third kappa shape index (κ3) is 6.65. The van der Waals surface area contributed by atoms with E-state index < -0.39 is 0 Å². The lowest BCUT2D eigenvalue weighted by Crippen LogP contribution is -2.37. The summed E-state index contributed by atoms with van der Waals surface area (Å²) >= 11 is 0. The molecule has 0 aliphatic heterocycles. The van der Waals surface area contributed by atoms with Crippen LogP contribution in [0.2, 0.25) is 0 Å². The molecule has 0 radical (unpaired) electrons. The fraction of sp³-hybridized carbons (Fsp3) is 0.333. The van der Waals surface area contributed by atoms with Gasteiger partial charge in [0.1, 0.15) is 5.75 Å². The van der Waals surface area contributed by atoms with Crippen LogP contribution in [-0.4, -0.2) is 35.9 Å². The number of benzene rings is 2. The van der Waals surface area contributed by atoms with E-state index in [1.807, 2.05) is 29.1 Å². The first-order valence-electron chi connectivity index (χ1n) is 10.5. The van der Waals surface area contributed by atoms with Crippen molar-refractivity contribution in [1.29, 1.82) is 0 Å². The van der Waals surface area contributed by atoms with Crippen molar-refractivity contribution in [2.75, 3.05) is 20.2 Å². The molecule has 0 saturated carbocycles. The van der Waals surface area contributed by atoms with E-state index in [1.54, 1.807) is 13.3 Å². The molecule has 6 nitrogen and oxygen atoms in total. The summed E-state index contributed by atoms with van der Waals surface area (Å²) in [6, 6.07) is 18.6. The molecule has 2 aromatic carbocycles. The number of hydrogen-bond donors (Lipinski definition) is 2. The Morgan fingerprint density at radius 1 is 1.07 bits per heavy atom. The molecule has 0 saturated heterocycles. The van der Waals surface area contributed by atoms with Crippen molar-refractivity contribution in [1.82, 2.24) is 20.4 Å². The highest BCUT2D eigenvalue weighted by Gasteiger charge is 2.04. The van der Waals surface area contributed by atoms with Gasteiger partial charge in [0.15, 0.2) is 5.96 Å². The lowest BCUT2D eigenvalue weighted by molar-refractivity contribution is 0.414. The van der Waals surface area contributed by atoms with Gasteiger partial charge in [-0.3, -0.25) is 4.68 Å². The molecule has 30 heavy (non-hydrogen) atoms. The molecule has 3 rings (SSSR count). The molecule has 2 N–H and O–H groups in total. The molecule has 0 amide bonds. The Morgan fingerprint density at radius 2 is 1.93 bits per heavy atom. The van der Waals surface area contributed by atoms with E-state index in [2.05, 4.69) is 59.1 Å². The van der Waals surface area contributed by atoms with Crippen LogP contribution in [-0.2, 0) is 19.5 Å². The fourth-order valence-corrected chi connectivity index (χ4v) is 3.27.